The van der Waals surface area contributed by atoms with Crippen LogP contribution in [-0.4, -0.2) is 29.1 Å². The summed E-state index contributed by atoms with van der Waals surface area (Å²) in [5.74, 6) is 0.549. The average molecular weight is 250 g/mol. The Labute approximate surface area is 104 Å². The van der Waals surface area contributed by atoms with Crippen molar-refractivity contribution in [3.05, 3.63) is 23.5 Å². The third-order valence-corrected chi connectivity index (χ3v) is 3.35. The third kappa shape index (κ3) is 2.59. The molecule has 2 aromatic rings. The van der Waals surface area contributed by atoms with E-state index in [2.05, 4.69) is 27.2 Å². The Balaban J connectivity index is 2.30. The Morgan fingerprint density at radius 2 is 2.24 bits per heavy atom. The van der Waals surface area contributed by atoms with Crippen molar-refractivity contribution in [1.29, 1.82) is 0 Å². The van der Waals surface area contributed by atoms with E-state index in [0.717, 1.165) is 16.4 Å². The monoisotopic (exact) mass is 250 g/mol. The predicted molar refractivity (Wildman–Crippen MR) is 67.2 cm³/mol. The zero-order valence-electron chi connectivity index (χ0n) is 9.97. The van der Waals surface area contributed by atoms with Gasteiger partial charge < -0.3 is 10.1 Å². The Morgan fingerprint density at radius 1 is 1.41 bits per heavy atom. The minimum Gasteiger partial charge on any atom is -0.481 e. The zero-order chi connectivity index (χ0) is 12.3. The van der Waals surface area contributed by atoms with E-state index in [1.165, 1.54) is 6.33 Å². The number of methoxy groups -OCH3 is 1. The van der Waals surface area contributed by atoms with Gasteiger partial charge in [-0.2, -0.15) is 0 Å². The molecule has 0 aliphatic carbocycles. The second-order valence-electron chi connectivity index (χ2n) is 3.53. The van der Waals surface area contributed by atoms with Crippen LogP contribution in [0.4, 0.5) is 0 Å². The summed E-state index contributed by atoms with van der Waals surface area (Å²) in [7, 11) is 3.50. The molecular formula is C11H14N4OS. The highest BCUT2D eigenvalue weighted by Crippen LogP contribution is 2.25. The molecule has 1 N–H and O–H groups in total. The number of ether oxygens (including phenoxy) is 1. The first-order valence-corrected chi connectivity index (χ1v) is 6.11. The van der Waals surface area contributed by atoms with Gasteiger partial charge in [0.2, 0.25) is 5.88 Å². The maximum Gasteiger partial charge on any atom is 0.216 e. The first kappa shape index (κ1) is 11.9. The number of rotatable bonds is 4. The molecule has 90 valence electrons. The van der Waals surface area contributed by atoms with Crippen LogP contribution in [0, 0.1) is 0 Å². The fraction of sp³-hybridized carbons (Fsp3) is 0.364. The van der Waals surface area contributed by atoms with E-state index in [1.807, 2.05) is 12.4 Å². The molecule has 6 heteroatoms. The number of hydrogen-bond donors (Lipinski definition) is 1. The molecule has 0 aliphatic rings. The van der Waals surface area contributed by atoms with Crippen LogP contribution in [0.1, 0.15) is 18.7 Å². The SMILES string of the molecule is CNC(C)c1csc(-c2cc(OC)ncn2)n1. The molecule has 2 rings (SSSR count). The first-order chi connectivity index (χ1) is 8.24. The van der Waals surface area contributed by atoms with Crippen LogP contribution >= 0.6 is 11.3 Å². The molecule has 0 radical (unpaired) electrons. The summed E-state index contributed by atoms with van der Waals surface area (Å²) < 4.78 is 5.07. The second kappa shape index (κ2) is 5.20. The van der Waals surface area contributed by atoms with Gasteiger partial charge in [-0.3, -0.25) is 0 Å². The maximum absolute atomic E-state index is 5.07. The van der Waals surface area contributed by atoms with Gasteiger partial charge in [-0.1, -0.05) is 0 Å². The van der Waals surface area contributed by atoms with Crippen molar-refractivity contribution in [1.82, 2.24) is 20.3 Å². The molecular weight excluding hydrogens is 236 g/mol. The van der Waals surface area contributed by atoms with Gasteiger partial charge in [0.15, 0.2) is 0 Å². The normalized spacial score (nSPS) is 12.4. The summed E-state index contributed by atoms with van der Waals surface area (Å²) in [6.07, 6.45) is 1.48. The summed E-state index contributed by atoms with van der Waals surface area (Å²) in [5, 5.41) is 6.07. The van der Waals surface area contributed by atoms with Gasteiger partial charge >= 0.3 is 0 Å². The van der Waals surface area contributed by atoms with Crippen LogP contribution in [0.2, 0.25) is 0 Å². The lowest BCUT2D eigenvalue weighted by atomic mass is 10.3. The number of thiazole rings is 1. The van der Waals surface area contributed by atoms with E-state index < -0.39 is 0 Å². The average Bonchev–Trinajstić information content (AvgIpc) is 2.87. The molecule has 1 atom stereocenters. The van der Waals surface area contributed by atoms with Gasteiger partial charge in [-0.25, -0.2) is 15.0 Å². The molecule has 2 heterocycles. The molecule has 2 aromatic heterocycles. The zero-order valence-corrected chi connectivity index (χ0v) is 10.8. The van der Waals surface area contributed by atoms with Gasteiger partial charge in [0.1, 0.15) is 17.0 Å². The molecule has 0 aliphatic heterocycles. The highest BCUT2D eigenvalue weighted by atomic mass is 32.1. The first-order valence-electron chi connectivity index (χ1n) is 5.23. The number of nitrogens with zero attached hydrogens (tertiary/aromatic N) is 3. The van der Waals surface area contributed by atoms with E-state index in [0.29, 0.717) is 5.88 Å². The lowest BCUT2D eigenvalue weighted by Gasteiger charge is -2.04. The Kier molecular flexibility index (Phi) is 3.65. The van der Waals surface area contributed by atoms with Crippen molar-refractivity contribution in [2.45, 2.75) is 13.0 Å². The fourth-order valence-electron chi connectivity index (χ4n) is 1.32. The van der Waals surface area contributed by atoms with Crippen LogP contribution in [0.5, 0.6) is 5.88 Å². The van der Waals surface area contributed by atoms with Gasteiger partial charge in [0.05, 0.1) is 12.8 Å². The van der Waals surface area contributed by atoms with Crippen molar-refractivity contribution >= 4 is 11.3 Å². The Morgan fingerprint density at radius 3 is 2.94 bits per heavy atom. The van der Waals surface area contributed by atoms with Crippen molar-refractivity contribution < 1.29 is 4.74 Å². The van der Waals surface area contributed by atoms with E-state index >= 15 is 0 Å². The van der Waals surface area contributed by atoms with Crippen LogP contribution in [0.3, 0.4) is 0 Å². The summed E-state index contributed by atoms with van der Waals surface area (Å²) in [5.41, 5.74) is 1.81. The van der Waals surface area contributed by atoms with Gasteiger partial charge in [-0.15, -0.1) is 11.3 Å². The molecule has 0 saturated carbocycles. The van der Waals surface area contributed by atoms with Crippen LogP contribution < -0.4 is 10.1 Å². The van der Waals surface area contributed by atoms with Gasteiger partial charge in [0.25, 0.3) is 0 Å². The molecule has 17 heavy (non-hydrogen) atoms. The predicted octanol–water partition coefficient (Wildman–Crippen LogP) is 1.89. The van der Waals surface area contributed by atoms with E-state index in [4.69, 9.17) is 4.74 Å². The Bertz CT molecular complexity index is 500. The van der Waals surface area contributed by atoms with Crippen molar-refractivity contribution in [2.75, 3.05) is 14.2 Å². The van der Waals surface area contributed by atoms with Gasteiger partial charge in [0, 0.05) is 17.5 Å². The molecule has 0 bridgehead atoms. The minimum atomic E-state index is 0.240. The maximum atomic E-state index is 5.07. The molecule has 1 unspecified atom stereocenters. The molecule has 0 amide bonds. The summed E-state index contributed by atoms with van der Waals surface area (Å²) in [6, 6.07) is 2.02. The summed E-state index contributed by atoms with van der Waals surface area (Å²) in [6.45, 7) is 2.07. The van der Waals surface area contributed by atoms with E-state index in [1.54, 1.807) is 24.5 Å². The summed E-state index contributed by atoms with van der Waals surface area (Å²) in [4.78, 5) is 12.7. The quantitative estimate of drug-likeness (QED) is 0.898. The van der Waals surface area contributed by atoms with Gasteiger partial charge in [-0.05, 0) is 14.0 Å². The number of nitrogens with one attached hydrogen (secondary N) is 1. The molecule has 0 aromatic carbocycles. The lowest BCUT2D eigenvalue weighted by molar-refractivity contribution is 0.397. The Hall–Kier alpha value is -1.53. The summed E-state index contributed by atoms with van der Waals surface area (Å²) >= 11 is 1.57. The molecule has 5 nitrogen and oxygen atoms in total. The van der Waals surface area contributed by atoms with Crippen LogP contribution in [-0.2, 0) is 0 Å². The molecule has 0 spiro atoms. The molecule has 0 saturated heterocycles. The minimum absolute atomic E-state index is 0.240. The van der Waals surface area contributed by atoms with Crippen molar-refractivity contribution in [3.8, 4) is 16.6 Å². The highest BCUT2D eigenvalue weighted by Gasteiger charge is 2.11. The smallest absolute Gasteiger partial charge is 0.216 e. The molecule has 0 fully saturated rings. The second-order valence-corrected chi connectivity index (χ2v) is 4.39. The standard InChI is InChI=1S/C11H14N4OS/c1-7(12-2)9-5-17-11(15-9)8-4-10(16-3)14-6-13-8/h4-7,12H,1-3H3. The topological polar surface area (TPSA) is 59.9 Å². The highest BCUT2D eigenvalue weighted by molar-refractivity contribution is 7.13. The number of hydrogen-bond acceptors (Lipinski definition) is 6. The van der Waals surface area contributed by atoms with E-state index in [9.17, 15) is 0 Å². The fourth-order valence-corrected chi connectivity index (χ4v) is 2.20. The largest absolute Gasteiger partial charge is 0.481 e. The third-order valence-electron chi connectivity index (χ3n) is 2.47. The van der Waals surface area contributed by atoms with E-state index in [-0.39, 0.29) is 6.04 Å². The van der Waals surface area contributed by atoms with Crippen LogP contribution in [0.15, 0.2) is 17.8 Å². The van der Waals surface area contributed by atoms with Crippen molar-refractivity contribution in [3.63, 3.8) is 0 Å². The number of aromatic nitrogens is 3. The van der Waals surface area contributed by atoms with Crippen LogP contribution in [0.25, 0.3) is 10.7 Å². The van der Waals surface area contributed by atoms with Crippen molar-refractivity contribution in [2.24, 2.45) is 0 Å². The lowest BCUT2D eigenvalue weighted by Crippen LogP contribution is -2.12.